The van der Waals surface area contributed by atoms with Crippen LogP contribution < -0.4 is 25.0 Å². The third kappa shape index (κ3) is 6.10. The Bertz CT molecular complexity index is 1070. The van der Waals surface area contributed by atoms with Gasteiger partial charge in [-0.05, 0) is 42.7 Å². The molecule has 4 N–H and O–H groups in total. The first kappa shape index (κ1) is 24.7. The third-order valence-electron chi connectivity index (χ3n) is 5.39. The zero-order chi connectivity index (χ0) is 24.7. The number of rotatable bonds is 9. The van der Waals surface area contributed by atoms with Crippen LogP contribution in [0.5, 0.6) is 23.0 Å². The average molecular weight is 472 g/mol. The molecule has 0 radical (unpaired) electrons. The number of allylic oxidation sites excluding steroid dienone is 1. The van der Waals surface area contributed by atoms with Crippen molar-refractivity contribution in [1.29, 1.82) is 0 Å². The number of fused-ring (bicyclic) bond motifs is 1. The Morgan fingerprint density at radius 1 is 1.18 bits per heavy atom. The second kappa shape index (κ2) is 10.8. The number of ether oxygens (including phenoxy) is 4. The summed E-state index contributed by atoms with van der Waals surface area (Å²) in [5.41, 5.74) is 1.97. The van der Waals surface area contributed by atoms with Gasteiger partial charge in [0.15, 0.2) is 23.0 Å². The van der Waals surface area contributed by atoms with Crippen LogP contribution in [0.1, 0.15) is 38.4 Å². The Kier molecular flexibility index (Phi) is 7.85. The van der Waals surface area contributed by atoms with E-state index in [-0.39, 0.29) is 12.5 Å². The number of hydrogen-bond donors (Lipinski definition) is 4. The van der Waals surface area contributed by atoms with E-state index < -0.39 is 23.5 Å². The molecule has 3 rings (SSSR count). The van der Waals surface area contributed by atoms with Crippen LogP contribution in [0.3, 0.4) is 0 Å². The Morgan fingerprint density at radius 3 is 2.65 bits per heavy atom. The van der Waals surface area contributed by atoms with E-state index in [2.05, 4.69) is 5.32 Å². The SMILES string of the molecule is COc1ccc([C@@H](OC(=O)Nc2ccc3c(c2)OCO3)C(C)(C)CC/C=C/C(=O)NO)cc1O. The van der Waals surface area contributed by atoms with Gasteiger partial charge in [0.1, 0.15) is 6.10 Å². The molecule has 1 atom stereocenters. The van der Waals surface area contributed by atoms with Crippen molar-refractivity contribution in [2.24, 2.45) is 5.41 Å². The number of benzene rings is 2. The minimum Gasteiger partial charge on any atom is -0.504 e. The molecule has 0 spiro atoms. The molecule has 34 heavy (non-hydrogen) atoms. The molecule has 182 valence electrons. The van der Waals surface area contributed by atoms with Crippen LogP contribution >= 0.6 is 0 Å². The number of phenolic OH excluding ortho intramolecular Hbond substituents is 1. The first-order valence-corrected chi connectivity index (χ1v) is 10.6. The van der Waals surface area contributed by atoms with E-state index >= 15 is 0 Å². The molecule has 1 heterocycles. The number of phenols is 1. The molecule has 0 unspecified atom stereocenters. The molecule has 0 aliphatic carbocycles. The van der Waals surface area contributed by atoms with Gasteiger partial charge in [0, 0.05) is 23.2 Å². The molecule has 1 aliphatic heterocycles. The molecule has 2 aromatic carbocycles. The quantitative estimate of drug-likeness (QED) is 0.241. The van der Waals surface area contributed by atoms with E-state index in [1.54, 1.807) is 36.4 Å². The lowest BCUT2D eigenvalue weighted by molar-refractivity contribution is -0.124. The van der Waals surface area contributed by atoms with Gasteiger partial charge in [-0.2, -0.15) is 0 Å². The van der Waals surface area contributed by atoms with Crippen molar-refractivity contribution < 1.29 is 38.9 Å². The fraction of sp³-hybridized carbons (Fsp3) is 0.333. The fourth-order valence-corrected chi connectivity index (χ4v) is 3.59. The number of methoxy groups -OCH3 is 1. The maximum atomic E-state index is 12.8. The van der Waals surface area contributed by atoms with Gasteiger partial charge in [-0.25, -0.2) is 10.3 Å². The maximum absolute atomic E-state index is 12.8. The zero-order valence-corrected chi connectivity index (χ0v) is 19.2. The Morgan fingerprint density at radius 2 is 1.94 bits per heavy atom. The number of aromatic hydroxyl groups is 1. The highest BCUT2D eigenvalue weighted by Gasteiger charge is 2.34. The number of amides is 2. The van der Waals surface area contributed by atoms with E-state index in [0.717, 1.165) is 0 Å². The number of hydroxylamine groups is 1. The summed E-state index contributed by atoms with van der Waals surface area (Å²) in [7, 11) is 1.44. The molecular weight excluding hydrogens is 444 g/mol. The smallest absolute Gasteiger partial charge is 0.412 e. The van der Waals surface area contributed by atoms with E-state index in [9.17, 15) is 14.7 Å². The van der Waals surface area contributed by atoms with E-state index in [1.807, 2.05) is 13.8 Å². The lowest BCUT2D eigenvalue weighted by Gasteiger charge is -2.34. The van der Waals surface area contributed by atoms with Crippen LogP contribution in [0, 0.1) is 5.41 Å². The van der Waals surface area contributed by atoms with Crippen LogP contribution in [-0.2, 0) is 9.53 Å². The number of carbonyl (C=O) groups is 2. The first-order valence-electron chi connectivity index (χ1n) is 10.6. The van der Waals surface area contributed by atoms with Gasteiger partial charge < -0.3 is 24.1 Å². The summed E-state index contributed by atoms with van der Waals surface area (Å²) < 4.78 is 21.6. The Balaban J connectivity index is 1.79. The predicted molar refractivity (Wildman–Crippen MR) is 122 cm³/mol. The van der Waals surface area contributed by atoms with E-state index in [4.69, 9.17) is 24.2 Å². The molecule has 2 amide bonds. The monoisotopic (exact) mass is 472 g/mol. The minimum absolute atomic E-state index is 0.0832. The van der Waals surface area contributed by atoms with Crippen molar-refractivity contribution in [2.75, 3.05) is 19.2 Å². The largest absolute Gasteiger partial charge is 0.504 e. The second-order valence-electron chi connectivity index (χ2n) is 8.32. The maximum Gasteiger partial charge on any atom is 0.412 e. The van der Waals surface area contributed by atoms with Crippen LogP contribution in [0.4, 0.5) is 10.5 Å². The average Bonchev–Trinajstić information content (AvgIpc) is 3.28. The minimum atomic E-state index is -0.751. The van der Waals surface area contributed by atoms with Gasteiger partial charge in [-0.15, -0.1) is 0 Å². The fourth-order valence-electron chi connectivity index (χ4n) is 3.59. The predicted octanol–water partition coefficient (Wildman–Crippen LogP) is 4.29. The van der Waals surface area contributed by atoms with Gasteiger partial charge in [-0.1, -0.05) is 26.0 Å². The van der Waals surface area contributed by atoms with Crippen LogP contribution in [0.25, 0.3) is 0 Å². The van der Waals surface area contributed by atoms with Gasteiger partial charge >= 0.3 is 6.09 Å². The van der Waals surface area contributed by atoms with E-state index in [1.165, 1.54) is 24.7 Å². The highest BCUT2D eigenvalue weighted by atomic mass is 16.7. The van der Waals surface area contributed by atoms with Crippen molar-refractivity contribution >= 4 is 17.7 Å². The molecule has 0 saturated heterocycles. The van der Waals surface area contributed by atoms with Crippen molar-refractivity contribution in [2.45, 2.75) is 32.8 Å². The van der Waals surface area contributed by atoms with Crippen molar-refractivity contribution in [3.05, 3.63) is 54.1 Å². The van der Waals surface area contributed by atoms with Crippen LogP contribution in [-0.4, -0.2) is 36.2 Å². The number of carbonyl (C=O) groups excluding carboxylic acids is 2. The lowest BCUT2D eigenvalue weighted by Crippen LogP contribution is -2.29. The highest BCUT2D eigenvalue weighted by molar-refractivity contribution is 5.86. The van der Waals surface area contributed by atoms with Gasteiger partial charge in [0.2, 0.25) is 6.79 Å². The standard InChI is InChI=1S/C24H28N2O8/c1-24(2,11-5-4-6-21(28)26-30)22(15-7-9-18(31-3)17(27)12-15)34-23(29)25-16-8-10-19-20(13-16)33-14-32-19/h4,6-10,12-13,22,27,30H,5,11,14H2,1-3H3,(H,25,29)(H,26,28)/b6-4+/t22-/m1/s1. The molecule has 0 saturated carbocycles. The van der Waals surface area contributed by atoms with Crippen molar-refractivity contribution in [3.8, 4) is 23.0 Å². The molecule has 1 aliphatic rings. The molecule has 0 aromatic heterocycles. The molecule has 0 fully saturated rings. The lowest BCUT2D eigenvalue weighted by atomic mass is 9.78. The Labute approximate surface area is 197 Å². The number of anilines is 1. The van der Waals surface area contributed by atoms with Gasteiger partial charge in [0.05, 0.1) is 7.11 Å². The summed E-state index contributed by atoms with van der Waals surface area (Å²) >= 11 is 0. The van der Waals surface area contributed by atoms with Gasteiger partial charge in [-0.3, -0.25) is 15.3 Å². The third-order valence-corrected chi connectivity index (χ3v) is 5.39. The number of nitrogens with one attached hydrogen (secondary N) is 2. The topological polar surface area (TPSA) is 136 Å². The molecular formula is C24H28N2O8. The van der Waals surface area contributed by atoms with Gasteiger partial charge in [0.25, 0.3) is 5.91 Å². The Hall–Kier alpha value is -3.92. The highest BCUT2D eigenvalue weighted by Crippen LogP contribution is 2.43. The molecule has 2 aromatic rings. The first-order chi connectivity index (χ1) is 16.2. The van der Waals surface area contributed by atoms with Crippen LogP contribution in [0.2, 0.25) is 0 Å². The second-order valence-corrected chi connectivity index (χ2v) is 8.32. The number of hydrogen-bond acceptors (Lipinski definition) is 8. The molecule has 10 heteroatoms. The molecule has 0 bridgehead atoms. The summed E-state index contributed by atoms with van der Waals surface area (Å²) in [6, 6.07) is 9.81. The summed E-state index contributed by atoms with van der Waals surface area (Å²) in [5, 5.41) is 21.6. The van der Waals surface area contributed by atoms with Crippen molar-refractivity contribution in [3.63, 3.8) is 0 Å². The van der Waals surface area contributed by atoms with Crippen molar-refractivity contribution in [1.82, 2.24) is 5.48 Å². The van der Waals surface area contributed by atoms with E-state index in [0.29, 0.717) is 41.3 Å². The molecule has 10 nitrogen and oxygen atoms in total. The van der Waals surface area contributed by atoms with Crippen LogP contribution in [0.15, 0.2) is 48.6 Å². The summed E-state index contributed by atoms with van der Waals surface area (Å²) in [5.74, 6) is 0.694. The summed E-state index contributed by atoms with van der Waals surface area (Å²) in [6.45, 7) is 3.94. The summed E-state index contributed by atoms with van der Waals surface area (Å²) in [6.07, 6.45) is 2.39. The zero-order valence-electron chi connectivity index (χ0n) is 19.2. The summed E-state index contributed by atoms with van der Waals surface area (Å²) in [4.78, 5) is 24.0. The normalized spacial score (nSPS) is 13.4.